The number of hydrogen-bond donors (Lipinski definition) is 1. The summed E-state index contributed by atoms with van der Waals surface area (Å²) >= 11 is 0. The van der Waals surface area contributed by atoms with Crippen LogP contribution in [0.15, 0.2) is 79.0 Å². The Hall–Kier alpha value is -3.18. The van der Waals surface area contributed by atoms with Gasteiger partial charge in [-0.15, -0.1) is 0 Å². The van der Waals surface area contributed by atoms with Gasteiger partial charge in [0.2, 0.25) is 11.7 Å². The highest BCUT2D eigenvalue weighted by Crippen LogP contribution is 2.11. The first-order chi connectivity index (χ1) is 15.0. The molecule has 2 aromatic carbocycles. The molecule has 3 rings (SSSR count). The van der Waals surface area contributed by atoms with Gasteiger partial charge in [0.25, 0.3) is 0 Å². The van der Waals surface area contributed by atoms with Gasteiger partial charge in [0.1, 0.15) is 6.54 Å². The van der Waals surface area contributed by atoms with Gasteiger partial charge in [0.15, 0.2) is 0 Å². The minimum Gasteiger partial charge on any atom is -0.355 e. The molecule has 5 nitrogen and oxygen atoms in total. The van der Waals surface area contributed by atoms with E-state index in [1.54, 1.807) is 35.0 Å². The van der Waals surface area contributed by atoms with Gasteiger partial charge in [-0.1, -0.05) is 60.7 Å². The smallest absolute Gasteiger partial charge is 0.239 e. The minimum absolute atomic E-state index is 0.0770. The van der Waals surface area contributed by atoms with Gasteiger partial charge in [-0.2, -0.15) is 0 Å². The van der Waals surface area contributed by atoms with E-state index < -0.39 is 0 Å². The van der Waals surface area contributed by atoms with Crippen molar-refractivity contribution in [1.29, 1.82) is 0 Å². The van der Waals surface area contributed by atoms with Crippen molar-refractivity contribution in [2.75, 3.05) is 13.1 Å². The van der Waals surface area contributed by atoms with Crippen LogP contribution in [0.2, 0.25) is 0 Å². The Kier molecular flexibility index (Phi) is 8.19. The zero-order valence-corrected chi connectivity index (χ0v) is 18.3. The van der Waals surface area contributed by atoms with Gasteiger partial charge in [0, 0.05) is 37.4 Å². The fraction of sp³-hybridized carbons (Fsp3) is 0.308. The van der Waals surface area contributed by atoms with Crippen molar-refractivity contribution in [1.82, 2.24) is 14.8 Å². The lowest BCUT2D eigenvalue weighted by Gasteiger charge is -2.26. The second-order valence-corrected chi connectivity index (χ2v) is 7.97. The van der Waals surface area contributed by atoms with Gasteiger partial charge >= 0.3 is 0 Å². The van der Waals surface area contributed by atoms with Gasteiger partial charge in [-0.25, -0.2) is 0 Å². The van der Waals surface area contributed by atoms with Crippen molar-refractivity contribution in [3.8, 4) is 0 Å². The molecule has 1 aromatic heterocycles. The molecule has 0 spiro atoms. The first-order valence-corrected chi connectivity index (χ1v) is 10.8. The molecule has 0 saturated heterocycles. The molecule has 0 aliphatic carbocycles. The summed E-state index contributed by atoms with van der Waals surface area (Å²) in [6, 6.07) is 23.6. The summed E-state index contributed by atoms with van der Waals surface area (Å²) in [5.74, 6) is -0.163. The van der Waals surface area contributed by atoms with E-state index in [1.165, 1.54) is 5.56 Å². The Morgan fingerprint density at radius 2 is 1.61 bits per heavy atom. The third kappa shape index (κ3) is 6.66. The highest BCUT2D eigenvalue weighted by molar-refractivity contribution is 6.08. The molecule has 31 heavy (non-hydrogen) atoms. The molecular formula is C26H31N3O2. The third-order valence-corrected chi connectivity index (χ3v) is 5.32. The highest BCUT2D eigenvalue weighted by atomic mass is 16.2. The second kappa shape index (κ2) is 11.3. The SMILES string of the molecule is CC(C)N(CCCNC(=O)Cn1cccc1C(=O)c1ccccc1)Cc1ccccc1. The second-order valence-electron chi connectivity index (χ2n) is 7.97. The molecule has 0 bridgehead atoms. The molecular weight excluding hydrogens is 386 g/mol. The molecule has 0 aliphatic heterocycles. The Morgan fingerprint density at radius 1 is 0.935 bits per heavy atom. The van der Waals surface area contributed by atoms with E-state index in [0.717, 1.165) is 19.5 Å². The molecule has 1 N–H and O–H groups in total. The van der Waals surface area contributed by atoms with Crippen LogP contribution >= 0.6 is 0 Å². The molecule has 0 saturated carbocycles. The van der Waals surface area contributed by atoms with Crippen molar-refractivity contribution in [2.45, 2.75) is 39.4 Å². The summed E-state index contributed by atoms with van der Waals surface area (Å²) in [6.07, 6.45) is 2.65. The maximum absolute atomic E-state index is 12.7. The molecule has 3 aromatic rings. The summed E-state index contributed by atoms with van der Waals surface area (Å²) in [4.78, 5) is 27.5. The maximum atomic E-state index is 12.7. The van der Waals surface area contributed by atoms with Gasteiger partial charge < -0.3 is 9.88 Å². The summed E-state index contributed by atoms with van der Waals surface area (Å²) in [6.45, 7) is 6.95. The first kappa shape index (κ1) is 22.5. The Balaban J connectivity index is 1.46. The standard InChI is InChI=1S/C26H31N3O2/c1-21(2)28(19-22-11-5-3-6-12-22)18-10-16-27-25(30)20-29-17-9-15-24(29)26(31)23-13-7-4-8-14-23/h3-9,11-15,17,21H,10,16,18-20H2,1-2H3,(H,27,30). The van der Waals surface area contributed by atoms with Gasteiger partial charge in [-0.3, -0.25) is 14.5 Å². The van der Waals surface area contributed by atoms with Crippen LogP contribution in [0.5, 0.6) is 0 Å². The summed E-state index contributed by atoms with van der Waals surface area (Å²) in [5, 5.41) is 2.99. The highest BCUT2D eigenvalue weighted by Gasteiger charge is 2.15. The van der Waals surface area contributed by atoms with Gasteiger partial charge in [0.05, 0.1) is 5.69 Å². The van der Waals surface area contributed by atoms with E-state index in [4.69, 9.17) is 0 Å². The van der Waals surface area contributed by atoms with E-state index in [-0.39, 0.29) is 18.2 Å². The Bertz CT molecular complexity index is 965. The summed E-state index contributed by atoms with van der Waals surface area (Å²) in [7, 11) is 0. The molecule has 5 heteroatoms. The van der Waals surface area contributed by atoms with Crippen molar-refractivity contribution in [3.63, 3.8) is 0 Å². The molecule has 1 amide bonds. The first-order valence-electron chi connectivity index (χ1n) is 10.8. The van der Waals surface area contributed by atoms with Crippen LogP contribution in [0.25, 0.3) is 0 Å². The third-order valence-electron chi connectivity index (χ3n) is 5.32. The number of amides is 1. The summed E-state index contributed by atoms with van der Waals surface area (Å²) in [5.41, 5.74) is 2.44. The maximum Gasteiger partial charge on any atom is 0.239 e. The number of benzene rings is 2. The summed E-state index contributed by atoms with van der Waals surface area (Å²) < 4.78 is 1.71. The predicted octanol–water partition coefficient (Wildman–Crippen LogP) is 4.14. The average molecular weight is 418 g/mol. The van der Waals surface area contributed by atoms with Crippen LogP contribution in [0.4, 0.5) is 0 Å². The van der Waals surface area contributed by atoms with Crippen LogP contribution in [-0.4, -0.2) is 40.3 Å². The lowest BCUT2D eigenvalue weighted by atomic mass is 10.1. The number of carbonyl (C=O) groups is 2. The normalized spacial score (nSPS) is 11.1. The van der Waals surface area contributed by atoms with E-state index in [9.17, 15) is 9.59 Å². The molecule has 0 fully saturated rings. The molecule has 0 atom stereocenters. The van der Waals surface area contributed by atoms with Crippen LogP contribution in [0.3, 0.4) is 0 Å². The molecule has 0 unspecified atom stereocenters. The fourth-order valence-corrected chi connectivity index (χ4v) is 3.55. The van der Waals surface area contributed by atoms with E-state index in [1.807, 2.05) is 24.3 Å². The number of aromatic nitrogens is 1. The monoisotopic (exact) mass is 417 g/mol. The average Bonchev–Trinajstić information content (AvgIpc) is 3.24. The largest absolute Gasteiger partial charge is 0.355 e. The number of hydrogen-bond acceptors (Lipinski definition) is 3. The van der Waals surface area contributed by atoms with E-state index in [2.05, 4.69) is 48.3 Å². The lowest BCUT2D eigenvalue weighted by molar-refractivity contribution is -0.121. The van der Waals surface area contributed by atoms with Crippen molar-refractivity contribution < 1.29 is 9.59 Å². The zero-order chi connectivity index (χ0) is 22.1. The van der Waals surface area contributed by atoms with E-state index >= 15 is 0 Å². The lowest BCUT2D eigenvalue weighted by Crippen LogP contribution is -2.35. The number of rotatable bonds is 11. The molecule has 1 heterocycles. The van der Waals surface area contributed by atoms with Gasteiger partial charge in [-0.05, 0) is 38.0 Å². The molecule has 162 valence electrons. The Labute approximate surface area is 184 Å². The minimum atomic E-state index is -0.0857. The van der Waals surface area contributed by atoms with Crippen LogP contribution in [-0.2, 0) is 17.9 Å². The number of ketones is 1. The Morgan fingerprint density at radius 3 is 2.29 bits per heavy atom. The van der Waals surface area contributed by atoms with Crippen LogP contribution in [0, 0.1) is 0 Å². The van der Waals surface area contributed by atoms with Crippen molar-refractivity contribution >= 4 is 11.7 Å². The fourth-order valence-electron chi connectivity index (χ4n) is 3.55. The van der Waals surface area contributed by atoms with Crippen molar-refractivity contribution in [3.05, 3.63) is 95.8 Å². The topological polar surface area (TPSA) is 54.3 Å². The number of carbonyl (C=O) groups excluding carboxylic acids is 2. The van der Waals surface area contributed by atoms with Crippen molar-refractivity contribution in [2.24, 2.45) is 0 Å². The number of nitrogens with zero attached hydrogens (tertiary/aromatic N) is 2. The molecule has 0 radical (unpaired) electrons. The molecule has 0 aliphatic rings. The van der Waals surface area contributed by atoms with Crippen LogP contribution < -0.4 is 5.32 Å². The van der Waals surface area contributed by atoms with E-state index in [0.29, 0.717) is 23.8 Å². The quantitative estimate of drug-likeness (QED) is 0.377. The zero-order valence-electron chi connectivity index (χ0n) is 18.3. The predicted molar refractivity (Wildman–Crippen MR) is 124 cm³/mol. The number of nitrogens with one attached hydrogen (secondary N) is 1. The van der Waals surface area contributed by atoms with Crippen LogP contribution in [0.1, 0.15) is 41.9 Å².